The molecule has 2 rings (SSSR count). The fourth-order valence-corrected chi connectivity index (χ4v) is 2.43. The van der Waals surface area contributed by atoms with Gasteiger partial charge in [-0.3, -0.25) is 0 Å². The van der Waals surface area contributed by atoms with Gasteiger partial charge in [-0.05, 0) is 31.7 Å². The number of morpholine rings is 1. The van der Waals surface area contributed by atoms with Crippen molar-refractivity contribution in [1.82, 2.24) is 10.2 Å². The molecule has 1 heterocycles. The van der Waals surface area contributed by atoms with Crippen molar-refractivity contribution in [3.05, 3.63) is 34.3 Å². The van der Waals surface area contributed by atoms with Crippen molar-refractivity contribution in [2.75, 3.05) is 33.3 Å². The fraction of sp³-hybridized carbons (Fsp3) is 0.571. The highest BCUT2D eigenvalue weighted by atomic mass is 79.9. The molecule has 0 spiro atoms. The lowest BCUT2D eigenvalue weighted by Crippen LogP contribution is -2.45. The Bertz CT molecular complexity index is 369. The summed E-state index contributed by atoms with van der Waals surface area (Å²) in [5.41, 5.74) is 1.31. The topological polar surface area (TPSA) is 24.5 Å². The van der Waals surface area contributed by atoms with E-state index in [1.54, 1.807) is 0 Å². The Kier molecular flexibility index (Phi) is 5.18. The molecule has 4 heteroatoms. The summed E-state index contributed by atoms with van der Waals surface area (Å²) < 4.78 is 6.86. The predicted octanol–water partition coefficient (Wildman–Crippen LogP) is 2.43. The molecule has 18 heavy (non-hydrogen) atoms. The zero-order valence-electron chi connectivity index (χ0n) is 11.0. The Labute approximate surface area is 118 Å². The number of nitrogens with one attached hydrogen (secondary N) is 1. The molecule has 1 saturated heterocycles. The molecule has 0 aliphatic carbocycles. The maximum atomic E-state index is 5.74. The van der Waals surface area contributed by atoms with Crippen LogP contribution in [0.15, 0.2) is 28.7 Å². The highest BCUT2D eigenvalue weighted by Gasteiger charge is 2.18. The monoisotopic (exact) mass is 312 g/mol. The fourth-order valence-electron chi connectivity index (χ4n) is 2.17. The van der Waals surface area contributed by atoms with Crippen LogP contribution in [0.4, 0.5) is 0 Å². The van der Waals surface area contributed by atoms with Gasteiger partial charge in [-0.25, -0.2) is 0 Å². The van der Waals surface area contributed by atoms with Crippen molar-refractivity contribution in [3.8, 4) is 0 Å². The maximum absolute atomic E-state index is 5.74. The summed E-state index contributed by atoms with van der Waals surface area (Å²) in [5.74, 6) is 0. The third kappa shape index (κ3) is 4.05. The first-order valence-electron chi connectivity index (χ1n) is 6.44. The van der Waals surface area contributed by atoms with Gasteiger partial charge in [-0.1, -0.05) is 28.1 Å². The molecule has 3 nitrogen and oxygen atoms in total. The van der Waals surface area contributed by atoms with Gasteiger partial charge in [0.1, 0.15) is 0 Å². The standard InChI is InChI=1S/C14H21BrN2O/c1-11(12-3-5-13(15)6-4-12)16-9-14-10-17(2)7-8-18-14/h3-6,11,14,16H,7-10H2,1-2H3. The first-order valence-corrected chi connectivity index (χ1v) is 7.23. The van der Waals surface area contributed by atoms with Crippen molar-refractivity contribution in [3.63, 3.8) is 0 Å². The first kappa shape index (κ1) is 14.0. The van der Waals surface area contributed by atoms with E-state index in [2.05, 4.69) is 64.4 Å². The summed E-state index contributed by atoms with van der Waals surface area (Å²) in [5, 5.41) is 3.54. The van der Waals surface area contributed by atoms with Crippen LogP contribution >= 0.6 is 15.9 Å². The van der Waals surface area contributed by atoms with E-state index in [0.717, 1.165) is 30.7 Å². The van der Waals surface area contributed by atoms with Crippen molar-refractivity contribution in [2.45, 2.75) is 19.1 Å². The van der Waals surface area contributed by atoms with E-state index in [-0.39, 0.29) is 0 Å². The third-order valence-corrected chi connectivity index (χ3v) is 3.89. The Morgan fingerprint density at radius 2 is 2.17 bits per heavy atom. The molecule has 1 aliphatic heterocycles. The van der Waals surface area contributed by atoms with E-state index in [1.807, 2.05) is 0 Å². The van der Waals surface area contributed by atoms with Crippen LogP contribution in [0.25, 0.3) is 0 Å². The minimum Gasteiger partial charge on any atom is -0.374 e. The van der Waals surface area contributed by atoms with Gasteiger partial charge < -0.3 is 15.0 Å². The molecule has 0 amide bonds. The van der Waals surface area contributed by atoms with E-state index in [1.165, 1.54) is 5.56 Å². The molecule has 1 fully saturated rings. The van der Waals surface area contributed by atoms with E-state index in [0.29, 0.717) is 12.1 Å². The number of benzene rings is 1. The highest BCUT2D eigenvalue weighted by molar-refractivity contribution is 9.10. The van der Waals surface area contributed by atoms with E-state index in [4.69, 9.17) is 4.74 Å². The Hall–Kier alpha value is -0.420. The second-order valence-electron chi connectivity index (χ2n) is 4.94. The molecular weight excluding hydrogens is 292 g/mol. The number of hydrogen-bond acceptors (Lipinski definition) is 3. The maximum Gasteiger partial charge on any atom is 0.0826 e. The Morgan fingerprint density at radius 1 is 1.44 bits per heavy atom. The van der Waals surface area contributed by atoms with Crippen molar-refractivity contribution < 1.29 is 4.74 Å². The van der Waals surface area contributed by atoms with Gasteiger partial charge in [0, 0.05) is 30.1 Å². The van der Waals surface area contributed by atoms with E-state index >= 15 is 0 Å². The second-order valence-corrected chi connectivity index (χ2v) is 5.85. The molecule has 100 valence electrons. The van der Waals surface area contributed by atoms with Crippen LogP contribution in [0.5, 0.6) is 0 Å². The van der Waals surface area contributed by atoms with Crippen molar-refractivity contribution in [2.24, 2.45) is 0 Å². The first-order chi connectivity index (χ1) is 8.65. The lowest BCUT2D eigenvalue weighted by Gasteiger charge is -2.31. The van der Waals surface area contributed by atoms with E-state index < -0.39 is 0 Å². The average molecular weight is 313 g/mol. The van der Waals surface area contributed by atoms with Gasteiger partial charge in [0.25, 0.3) is 0 Å². The highest BCUT2D eigenvalue weighted by Crippen LogP contribution is 2.16. The van der Waals surface area contributed by atoms with Crippen LogP contribution < -0.4 is 5.32 Å². The number of likely N-dealkylation sites (N-methyl/N-ethyl adjacent to an activating group) is 1. The smallest absolute Gasteiger partial charge is 0.0826 e. The van der Waals surface area contributed by atoms with Crippen LogP contribution in [-0.2, 0) is 4.74 Å². The average Bonchev–Trinajstić information content (AvgIpc) is 2.37. The van der Waals surface area contributed by atoms with Crippen molar-refractivity contribution in [1.29, 1.82) is 0 Å². The van der Waals surface area contributed by atoms with Gasteiger partial charge in [-0.2, -0.15) is 0 Å². The van der Waals surface area contributed by atoms with Crippen molar-refractivity contribution >= 4 is 15.9 Å². The van der Waals surface area contributed by atoms with Gasteiger partial charge in [0.2, 0.25) is 0 Å². The number of halogens is 1. The Balaban J connectivity index is 1.80. The van der Waals surface area contributed by atoms with Gasteiger partial charge >= 0.3 is 0 Å². The molecule has 1 aromatic carbocycles. The lowest BCUT2D eigenvalue weighted by atomic mass is 10.1. The molecule has 2 unspecified atom stereocenters. The van der Waals surface area contributed by atoms with E-state index in [9.17, 15) is 0 Å². The number of nitrogens with zero attached hydrogens (tertiary/aromatic N) is 1. The summed E-state index contributed by atoms with van der Waals surface area (Å²) in [7, 11) is 2.15. The summed E-state index contributed by atoms with van der Waals surface area (Å²) in [6, 6.07) is 8.82. The molecule has 1 aromatic rings. The number of hydrogen-bond donors (Lipinski definition) is 1. The minimum atomic E-state index is 0.307. The van der Waals surface area contributed by atoms with Crippen LogP contribution in [-0.4, -0.2) is 44.3 Å². The molecule has 0 saturated carbocycles. The molecule has 1 N–H and O–H groups in total. The second kappa shape index (κ2) is 6.66. The quantitative estimate of drug-likeness (QED) is 0.924. The zero-order chi connectivity index (χ0) is 13.0. The molecule has 0 bridgehead atoms. The zero-order valence-corrected chi connectivity index (χ0v) is 12.6. The largest absolute Gasteiger partial charge is 0.374 e. The Morgan fingerprint density at radius 3 is 2.83 bits per heavy atom. The lowest BCUT2D eigenvalue weighted by molar-refractivity contribution is -0.0190. The summed E-state index contributed by atoms with van der Waals surface area (Å²) in [6.45, 7) is 5.99. The predicted molar refractivity (Wildman–Crippen MR) is 77.8 cm³/mol. The van der Waals surface area contributed by atoms with Crippen LogP contribution in [0, 0.1) is 0 Å². The van der Waals surface area contributed by atoms with Crippen LogP contribution in [0.2, 0.25) is 0 Å². The summed E-state index contributed by atoms with van der Waals surface area (Å²) in [4.78, 5) is 2.32. The molecule has 2 atom stereocenters. The third-order valence-electron chi connectivity index (χ3n) is 3.36. The summed E-state index contributed by atoms with van der Waals surface area (Å²) >= 11 is 3.46. The van der Waals surface area contributed by atoms with Crippen LogP contribution in [0.3, 0.4) is 0 Å². The van der Waals surface area contributed by atoms with Gasteiger partial charge in [0.05, 0.1) is 12.7 Å². The van der Waals surface area contributed by atoms with Gasteiger partial charge in [-0.15, -0.1) is 0 Å². The minimum absolute atomic E-state index is 0.307. The van der Waals surface area contributed by atoms with Gasteiger partial charge in [0.15, 0.2) is 0 Å². The normalized spacial score (nSPS) is 22.9. The summed E-state index contributed by atoms with van der Waals surface area (Å²) in [6.07, 6.45) is 0.307. The number of ether oxygens (including phenoxy) is 1. The van der Waals surface area contributed by atoms with Crippen LogP contribution in [0.1, 0.15) is 18.5 Å². The number of rotatable bonds is 4. The SMILES string of the molecule is CC(NCC1CN(C)CCO1)c1ccc(Br)cc1. The molecule has 1 aliphatic rings. The molecule has 0 aromatic heterocycles. The molecular formula is C14H21BrN2O. The molecule has 0 radical (unpaired) electrons.